The molecule has 0 aromatic heterocycles. The number of Topliss-reactive ketones (excluding diaryl/α,β-unsaturated/α-hetero) is 1. The molecule has 1 atom stereocenters. The molecule has 2 aromatic carbocycles. The number of benzene rings is 2. The molecule has 34 heavy (non-hydrogen) atoms. The molecule has 0 bridgehead atoms. The highest BCUT2D eigenvalue weighted by atomic mass is 32.2. The second-order valence-electron chi connectivity index (χ2n) is 7.89. The molecule has 0 radical (unpaired) electrons. The minimum absolute atomic E-state index is 0.00136. The lowest BCUT2D eigenvalue weighted by molar-refractivity contribution is 0.0473. The van der Waals surface area contributed by atoms with E-state index in [4.69, 9.17) is 18.9 Å². The van der Waals surface area contributed by atoms with Crippen molar-refractivity contribution in [2.45, 2.75) is 37.1 Å². The quantitative estimate of drug-likeness (QED) is 0.388. The van der Waals surface area contributed by atoms with Crippen LogP contribution in [0.5, 0.6) is 17.2 Å². The minimum atomic E-state index is -3.89. The van der Waals surface area contributed by atoms with Gasteiger partial charge in [0.2, 0.25) is 15.8 Å². The number of ketones is 1. The van der Waals surface area contributed by atoms with Gasteiger partial charge in [0.1, 0.15) is 22.1 Å². The number of carbonyl (C=O) groups excluding carboxylic acids is 2. The van der Waals surface area contributed by atoms with Gasteiger partial charge in [0.05, 0.1) is 32.5 Å². The van der Waals surface area contributed by atoms with Crippen LogP contribution in [-0.4, -0.2) is 65.0 Å². The number of hydrogen-bond donors (Lipinski definition) is 0. The third-order valence-corrected chi connectivity index (χ3v) is 7.81. The highest BCUT2D eigenvalue weighted by Crippen LogP contribution is 2.32. The molecule has 0 amide bonds. The minimum Gasteiger partial charge on any atom is -0.497 e. The van der Waals surface area contributed by atoms with Gasteiger partial charge in [-0.2, -0.15) is 4.31 Å². The summed E-state index contributed by atoms with van der Waals surface area (Å²) in [7, 11) is 0.383. The van der Waals surface area contributed by atoms with Crippen LogP contribution in [-0.2, 0) is 14.8 Å². The molecule has 10 heteroatoms. The zero-order valence-electron chi connectivity index (χ0n) is 19.7. The van der Waals surface area contributed by atoms with Gasteiger partial charge in [0, 0.05) is 18.7 Å². The lowest BCUT2D eigenvalue weighted by Crippen LogP contribution is -2.42. The number of methoxy groups -OCH3 is 3. The smallest absolute Gasteiger partial charge is 0.338 e. The standard InChI is InChI=1S/C24H29NO8S/c1-16-7-5-6-12-25(16)34(28,29)23-13-17(8-11-21(23)31-3)24(27)33-15-20(26)19-10-9-18(30-2)14-22(19)32-4/h8-11,13-14,16H,5-7,12,15H2,1-4H3/t16-/m0/s1. The molecule has 1 heterocycles. The van der Waals surface area contributed by atoms with Crippen molar-refractivity contribution in [2.24, 2.45) is 0 Å². The number of piperidine rings is 1. The summed E-state index contributed by atoms with van der Waals surface area (Å²) in [6.45, 7) is 1.72. The van der Waals surface area contributed by atoms with E-state index in [0.717, 1.165) is 19.3 Å². The van der Waals surface area contributed by atoms with Gasteiger partial charge in [-0.15, -0.1) is 0 Å². The predicted octanol–water partition coefficient (Wildman–Crippen LogP) is 3.32. The Hall–Kier alpha value is -3.11. The topological polar surface area (TPSA) is 108 Å². The highest BCUT2D eigenvalue weighted by molar-refractivity contribution is 7.89. The number of sulfonamides is 1. The summed E-state index contributed by atoms with van der Waals surface area (Å²) in [4.78, 5) is 25.2. The molecular formula is C24H29NO8S. The average molecular weight is 492 g/mol. The van der Waals surface area contributed by atoms with Crippen molar-refractivity contribution >= 4 is 21.8 Å². The Balaban J connectivity index is 1.80. The molecule has 184 valence electrons. The van der Waals surface area contributed by atoms with E-state index in [9.17, 15) is 18.0 Å². The summed E-state index contributed by atoms with van der Waals surface area (Å²) >= 11 is 0. The molecule has 0 aliphatic carbocycles. The van der Waals surface area contributed by atoms with Crippen molar-refractivity contribution in [3.8, 4) is 17.2 Å². The van der Waals surface area contributed by atoms with E-state index in [0.29, 0.717) is 12.3 Å². The van der Waals surface area contributed by atoms with Crippen molar-refractivity contribution in [3.05, 3.63) is 47.5 Å². The summed E-state index contributed by atoms with van der Waals surface area (Å²) in [5.74, 6) is -0.370. The summed E-state index contributed by atoms with van der Waals surface area (Å²) in [5.41, 5.74) is 0.228. The number of esters is 1. The SMILES string of the molecule is COc1ccc(C(=O)COC(=O)c2ccc(OC)c(S(=O)(=O)N3CCCC[C@@H]3C)c2)c(OC)c1. The average Bonchev–Trinajstić information content (AvgIpc) is 2.86. The summed E-state index contributed by atoms with van der Waals surface area (Å²) < 4.78 is 48.9. The second-order valence-corrected chi connectivity index (χ2v) is 9.75. The lowest BCUT2D eigenvalue weighted by Gasteiger charge is -2.32. The Morgan fingerprint density at radius 1 is 0.971 bits per heavy atom. The molecule has 1 saturated heterocycles. The molecule has 9 nitrogen and oxygen atoms in total. The Bertz CT molecular complexity index is 1160. The molecular weight excluding hydrogens is 462 g/mol. The predicted molar refractivity (Wildman–Crippen MR) is 124 cm³/mol. The maximum atomic E-state index is 13.3. The zero-order valence-corrected chi connectivity index (χ0v) is 20.5. The van der Waals surface area contributed by atoms with Crippen LogP contribution in [0.15, 0.2) is 41.3 Å². The number of hydrogen-bond acceptors (Lipinski definition) is 8. The number of carbonyl (C=O) groups is 2. The second kappa shape index (κ2) is 10.9. The Morgan fingerprint density at radius 2 is 1.71 bits per heavy atom. The van der Waals surface area contributed by atoms with E-state index in [-0.39, 0.29) is 33.6 Å². The van der Waals surface area contributed by atoms with E-state index >= 15 is 0 Å². The maximum Gasteiger partial charge on any atom is 0.338 e. The monoisotopic (exact) mass is 491 g/mol. The van der Waals surface area contributed by atoms with Crippen molar-refractivity contribution < 1.29 is 37.0 Å². The molecule has 1 fully saturated rings. The number of rotatable bonds is 9. The molecule has 1 aliphatic heterocycles. The van der Waals surface area contributed by atoms with Gasteiger partial charge in [0.25, 0.3) is 0 Å². The summed E-state index contributed by atoms with van der Waals surface area (Å²) in [5, 5.41) is 0. The van der Waals surface area contributed by atoms with Crippen LogP contribution in [0.1, 0.15) is 46.9 Å². The fourth-order valence-corrected chi connectivity index (χ4v) is 5.76. The first-order valence-corrected chi connectivity index (χ1v) is 12.3. The molecule has 1 aliphatic rings. The van der Waals surface area contributed by atoms with Crippen LogP contribution >= 0.6 is 0 Å². The molecule has 0 N–H and O–H groups in total. The molecule has 0 unspecified atom stereocenters. The molecule has 2 aromatic rings. The van der Waals surface area contributed by atoms with E-state index in [1.807, 2.05) is 6.92 Å². The van der Waals surface area contributed by atoms with Crippen molar-refractivity contribution in [3.63, 3.8) is 0 Å². The molecule has 0 saturated carbocycles. The molecule has 3 rings (SSSR count). The van der Waals surface area contributed by atoms with E-state index in [2.05, 4.69) is 0 Å². The van der Waals surface area contributed by atoms with Gasteiger partial charge in [-0.1, -0.05) is 6.42 Å². The van der Waals surface area contributed by atoms with Crippen LogP contribution in [0.2, 0.25) is 0 Å². The van der Waals surface area contributed by atoms with Gasteiger partial charge in [-0.3, -0.25) is 4.79 Å². The van der Waals surface area contributed by atoms with Crippen LogP contribution in [0.4, 0.5) is 0 Å². The van der Waals surface area contributed by atoms with Crippen LogP contribution in [0.25, 0.3) is 0 Å². The molecule has 0 spiro atoms. The largest absolute Gasteiger partial charge is 0.497 e. The highest BCUT2D eigenvalue weighted by Gasteiger charge is 2.33. The third kappa shape index (κ3) is 5.34. The Kier molecular flexibility index (Phi) is 8.16. The van der Waals surface area contributed by atoms with Gasteiger partial charge < -0.3 is 18.9 Å². The van der Waals surface area contributed by atoms with Crippen LogP contribution < -0.4 is 14.2 Å². The van der Waals surface area contributed by atoms with Gasteiger partial charge >= 0.3 is 5.97 Å². The maximum absolute atomic E-state index is 13.3. The normalized spacial score (nSPS) is 16.5. The van der Waals surface area contributed by atoms with E-state index in [1.54, 1.807) is 12.1 Å². The first-order chi connectivity index (χ1) is 16.2. The fourth-order valence-electron chi connectivity index (χ4n) is 3.88. The number of nitrogens with zero attached hydrogens (tertiary/aromatic N) is 1. The summed E-state index contributed by atoms with van der Waals surface area (Å²) in [6, 6.07) is 8.56. The Labute approximate surface area is 199 Å². The van der Waals surface area contributed by atoms with Crippen molar-refractivity contribution in [1.29, 1.82) is 0 Å². The van der Waals surface area contributed by atoms with Crippen LogP contribution in [0, 0.1) is 0 Å². The first-order valence-electron chi connectivity index (χ1n) is 10.8. The van der Waals surface area contributed by atoms with Gasteiger partial charge in [-0.25, -0.2) is 13.2 Å². The fraction of sp³-hybridized carbons (Fsp3) is 0.417. The van der Waals surface area contributed by atoms with Crippen LogP contribution in [0.3, 0.4) is 0 Å². The van der Waals surface area contributed by atoms with E-state index < -0.39 is 28.4 Å². The first kappa shape index (κ1) is 25.5. The van der Waals surface area contributed by atoms with Gasteiger partial charge in [-0.05, 0) is 50.1 Å². The summed E-state index contributed by atoms with van der Waals surface area (Å²) in [6.07, 6.45) is 2.49. The van der Waals surface area contributed by atoms with Gasteiger partial charge in [0.15, 0.2) is 6.61 Å². The number of ether oxygens (including phenoxy) is 4. The van der Waals surface area contributed by atoms with Crippen molar-refractivity contribution in [1.82, 2.24) is 4.31 Å². The lowest BCUT2D eigenvalue weighted by atomic mass is 10.1. The van der Waals surface area contributed by atoms with Crippen molar-refractivity contribution in [2.75, 3.05) is 34.5 Å². The Morgan fingerprint density at radius 3 is 2.35 bits per heavy atom. The van der Waals surface area contributed by atoms with E-state index in [1.165, 1.54) is 49.9 Å². The third-order valence-electron chi connectivity index (χ3n) is 5.77. The zero-order chi connectivity index (χ0) is 24.9.